The van der Waals surface area contributed by atoms with Crippen LogP contribution >= 0.6 is 0 Å². The van der Waals surface area contributed by atoms with Crippen molar-refractivity contribution in [3.05, 3.63) is 45.1 Å². The Balaban J connectivity index is 1.31. The molecule has 34 heavy (non-hydrogen) atoms. The summed E-state index contributed by atoms with van der Waals surface area (Å²) < 4.78 is 0. The van der Waals surface area contributed by atoms with E-state index in [4.69, 9.17) is 9.97 Å². The van der Waals surface area contributed by atoms with E-state index in [1.54, 1.807) is 13.0 Å². The number of carbonyl (C=O) groups is 1. The Bertz CT molecular complexity index is 1060. The summed E-state index contributed by atoms with van der Waals surface area (Å²) in [6.07, 6.45) is 7.88. The number of non-ortho nitro benzene ring substituents is 1. The Morgan fingerprint density at radius 3 is 2.50 bits per heavy atom. The van der Waals surface area contributed by atoms with Gasteiger partial charge in [-0.05, 0) is 63.9 Å². The van der Waals surface area contributed by atoms with Gasteiger partial charge in [-0.15, -0.1) is 0 Å². The molecule has 2 aliphatic rings. The number of nitrogens with zero attached hydrogens (tertiary/aromatic N) is 4. The number of aromatic nitrogens is 2. The molecule has 0 bridgehead atoms. The van der Waals surface area contributed by atoms with E-state index in [2.05, 4.69) is 20.9 Å². The maximum Gasteiger partial charge on any atom is 0.319 e. The van der Waals surface area contributed by atoms with Crippen molar-refractivity contribution in [2.75, 3.05) is 29.6 Å². The van der Waals surface area contributed by atoms with Crippen molar-refractivity contribution in [3.8, 4) is 0 Å². The molecule has 0 spiro atoms. The van der Waals surface area contributed by atoms with E-state index in [1.807, 2.05) is 14.1 Å². The standard InChI is InChI=1S/C24H33N7O3/c1-15-8-13-18(31(33)34)14-21(15)28-24(32)26-17-11-9-16(10-12-17)25-23-27-20-7-5-4-6-19(20)22(29-23)30(2)3/h8,13-14,16-17H,4-7,9-12H2,1-3H3,(H,25,27,29)(H2,26,28,32)/t16-,17+. The first-order valence-corrected chi connectivity index (χ1v) is 12.0. The van der Waals surface area contributed by atoms with Gasteiger partial charge in [0.2, 0.25) is 5.95 Å². The number of fused-ring (bicyclic) bond motifs is 1. The van der Waals surface area contributed by atoms with Crippen LogP contribution in [0, 0.1) is 17.0 Å². The third kappa shape index (κ3) is 5.55. The second-order valence-electron chi connectivity index (χ2n) is 9.45. The van der Waals surface area contributed by atoms with Crippen molar-refractivity contribution in [1.29, 1.82) is 0 Å². The molecule has 0 aliphatic heterocycles. The number of urea groups is 1. The molecule has 2 aliphatic carbocycles. The zero-order valence-electron chi connectivity index (χ0n) is 20.1. The number of amides is 2. The van der Waals surface area contributed by atoms with Crippen LogP contribution in [0.5, 0.6) is 0 Å². The van der Waals surface area contributed by atoms with E-state index in [-0.39, 0.29) is 23.8 Å². The topological polar surface area (TPSA) is 125 Å². The fourth-order valence-corrected chi connectivity index (χ4v) is 4.78. The molecular formula is C24H33N7O3. The molecule has 1 aromatic heterocycles. The van der Waals surface area contributed by atoms with Crippen LogP contribution < -0.4 is 20.9 Å². The van der Waals surface area contributed by atoms with Gasteiger partial charge in [0.05, 0.1) is 16.3 Å². The number of hydrogen-bond acceptors (Lipinski definition) is 7. The molecule has 1 saturated carbocycles. The Morgan fingerprint density at radius 2 is 1.79 bits per heavy atom. The third-order valence-corrected chi connectivity index (χ3v) is 6.66. The number of aryl methyl sites for hydroxylation is 2. The van der Waals surface area contributed by atoms with Crippen molar-refractivity contribution in [2.45, 2.75) is 70.4 Å². The average molecular weight is 468 g/mol. The molecule has 0 unspecified atom stereocenters. The lowest BCUT2D eigenvalue weighted by atomic mass is 9.91. The molecule has 0 radical (unpaired) electrons. The van der Waals surface area contributed by atoms with E-state index >= 15 is 0 Å². The van der Waals surface area contributed by atoms with Crippen molar-refractivity contribution in [3.63, 3.8) is 0 Å². The molecule has 1 fully saturated rings. The van der Waals surface area contributed by atoms with E-state index < -0.39 is 4.92 Å². The smallest absolute Gasteiger partial charge is 0.319 e. The van der Waals surface area contributed by atoms with Crippen LogP contribution in [0.4, 0.5) is 27.9 Å². The highest BCUT2D eigenvalue weighted by Crippen LogP contribution is 2.29. The number of nitrogens with one attached hydrogen (secondary N) is 3. The van der Waals surface area contributed by atoms with Crippen molar-refractivity contribution in [1.82, 2.24) is 15.3 Å². The van der Waals surface area contributed by atoms with E-state index in [1.165, 1.54) is 30.5 Å². The van der Waals surface area contributed by atoms with Gasteiger partial charge in [0.15, 0.2) is 0 Å². The molecule has 10 nitrogen and oxygen atoms in total. The number of rotatable bonds is 6. The van der Waals surface area contributed by atoms with Gasteiger partial charge < -0.3 is 20.9 Å². The number of benzene rings is 1. The fourth-order valence-electron chi connectivity index (χ4n) is 4.78. The van der Waals surface area contributed by atoms with Crippen molar-refractivity contribution >= 4 is 29.2 Å². The molecule has 1 heterocycles. The van der Waals surface area contributed by atoms with Gasteiger partial charge in [-0.25, -0.2) is 9.78 Å². The summed E-state index contributed by atoms with van der Waals surface area (Å²) >= 11 is 0. The number of hydrogen-bond donors (Lipinski definition) is 3. The summed E-state index contributed by atoms with van der Waals surface area (Å²) in [6.45, 7) is 1.81. The predicted molar refractivity (Wildman–Crippen MR) is 133 cm³/mol. The largest absolute Gasteiger partial charge is 0.362 e. The van der Waals surface area contributed by atoms with Gasteiger partial charge in [0.1, 0.15) is 5.82 Å². The fraction of sp³-hybridized carbons (Fsp3) is 0.542. The minimum absolute atomic E-state index is 0.0469. The van der Waals surface area contributed by atoms with E-state index in [0.717, 1.165) is 55.6 Å². The quantitative estimate of drug-likeness (QED) is 0.430. The van der Waals surface area contributed by atoms with E-state index in [0.29, 0.717) is 11.6 Å². The summed E-state index contributed by atoms with van der Waals surface area (Å²) in [5, 5.41) is 20.3. The molecule has 2 amide bonds. The Hall–Kier alpha value is -3.43. The van der Waals surface area contributed by atoms with Crippen LogP contribution in [0.3, 0.4) is 0 Å². The van der Waals surface area contributed by atoms with Crippen LogP contribution in [0.15, 0.2) is 18.2 Å². The van der Waals surface area contributed by atoms with Crippen LogP contribution in [-0.4, -0.2) is 47.1 Å². The molecule has 182 valence electrons. The predicted octanol–water partition coefficient (Wildman–Crippen LogP) is 4.18. The van der Waals surface area contributed by atoms with Gasteiger partial charge in [-0.3, -0.25) is 10.1 Å². The molecule has 2 aromatic rings. The van der Waals surface area contributed by atoms with Crippen LogP contribution in [0.25, 0.3) is 0 Å². The Morgan fingerprint density at radius 1 is 1.09 bits per heavy atom. The number of nitro benzene ring substituents is 1. The Labute approximate surface area is 199 Å². The van der Waals surface area contributed by atoms with Crippen molar-refractivity contribution < 1.29 is 9.72 Å². The zero-order valence-corrected chi connectivity index (χ0v) is 20.1. The second kappa shape index (κ2) is 10.2. The van der Waals surface area contributed by atoms with Gasteiger partial charge in [-0.1, -0.05) is 6.07 Å². The SMILES string of the molecule is Cc1ccc([N+](=O)[O-])cc1NC(=O)N[C@H]1CC[C@@H](Nc2nc3c(c(N(C)C)n2)CCCC3)CC1. The lowest BCUT2D eigenvalue weighted by Gasteiger charge is -2.30. The summed E-state index contributed by atoms with van der Waals surface area (Å²) in [6, 6.07) is 4.43. The first kappa shape index (κ1) is 23.7. The van der Waals surface area contributed by atoms with Crippen LogP contribution in [0.2, 0.25) is 0 Å². The van der Waals surface area contributed by atoms with E-state index in [9.17, 15) is 14.9 Å². The third-order valence-electron chi connectivity index (χ3n) is 6.66. The maximum atomic E-state index is 12.5. The maximum absolute atomic E-state index is 12.5. The minimum Gasteiger partial charge on any atom is -0.362 e. The van der Waals surface area contributed by atoms with Gasteiger partial charge in [0, 0.05) is 43.9 Å². The highest BCUT2D eigenvalue weighted by Gasteiger charge is 2.25. The summed E-state index contributed by atoms with van der Waals surface area (Å²) in [5.41, 5.74) is 3.61. The van der Waals surface area contributed by atoms with Gasteiger partial charge in [0.25, 0.3) is 5.69 Å². The summed E-state index contributed by atoms with van der Waals surface area (Å²) in [5.74, 6) is 1.70. The minimum atomic E-state index is -0.468. The highest BCUT2D eigenvalue weighted by atomic mass is 16.6. The first-order chi connectivity index (χ1) is 16.3. The summed E-state index contributed by atoms with van der Waals surface area (Å²) in [4.78, 5) is 34.7. The molecule has 0 atom stereocenters. The molecule has 3 N–H and O–H groups in total. The van der Waals surface area contributed by atoms with Crippen LogP contribution in [-0.2, 0) is 12.8 Å². The number of nitro groups is 1. The zero-order chi connectivity index (χ0) is 24.2. The normalized spacial score (nSPS) is 19.6. The monoisotopic (exact) mass is 467 g/mol. The molecule has 1 aromatic carbocycles. The first-order valence-electron chi connectivity index (χ1n) is 12.0. The van der Waals surface area contributed by atoms with Crippen molar-refractivity contribution in [2.24, 2.45) is 0 Å². The molecule has 4 rings (SSSR count). The molecular weight excluding hydrogens is 434 g/mol. The van der Waals surface area contributed by atoms with Gasteiger partial charge >= 0.3 is 6.03 Å². The Kier molecular flexibility index (Phi) is 7.14. The molecule has 10 heteroatoms. The number of anilines is 3. The lowest BCUT2D eigenvalue weighted by molar-refractivity contribution is -0.384. The highest BCUT2D eigenvalue weighted by molar-refractivity contribution is 5.90. The molecule has 0 saturated heterocycles. The summed E-state index contributed by atoms with van der Waals surface area (Å²) in [7, 11) is 4.05. The average Bonchev–Trinajstić information content (AvgIpc) is 2.81. The van der Waals surface area contributed by atoms with Crippen LogP contribution in [0.1, 0.15) is 55.3 Å². The number of carbonyl (C=O) groups excluding carboxylic acids is 1. The second-order valence-corrected chi connectivity index (χ2v) is 9.45. The van der Waals surface area contributed by atoms with Gasteiger partial charge in [-0.2, -0.15) is 4.98 Å². The lowest BCUT2D eigenvalue weighted by Crippen LogP contribution is -2.42.